The third-order valence-corrected chi connectivity index (χ3v) is 4.57. The molecular weight excluding hydrogens is 414 g/mol. The van der Waals surface area contributed by atoms with Gasteiger partial charge in [-0.1, -0.05) is 13.1 Å². The van der Waals surface area contributed by atoms with E-state index in [0.29, 0.717) is 0 Å². The zero-order chi connectivity index (χ0) is 21.5. The van der Waals surface area contributed by atoms with Gasteiger partial charge < -0.3 is 9.69 Å². The summed E-state index contributed by atoms with van der Waals surface area (Å²) in [5.74, 6) is -12.8. The number of benzene rings is 2. The van der Waals surface area contributed by atoms with Crippen molar-refractivity contribution in [3.05, 3.63) is 57.7 Å². The molecule has 1 aliphatic carbocycles. The highest BCUT2D eigenvalue weighted by Crippen LogP contribution is 2.50. The van der Waals surface area contributed by atoms with E-state index in [9.17, 15) is 26.3 Å². The Hall–Kier alpha value is -4.32. The monoisotopic (exact) mass is 414 g/mol. The first-order valence-electron chi connectivity index (χ1n) is 7.82. The highest BCUT2D eigenvalue weighted by molar-refractivity contribution is 6.14. The van der Waals surface area contributed by atoms with E-state index in [1.54, 1.807) is 0 Å². The smallest absolute Gasteiger partial charge is 0.316 e. The second kappa shape index (κ2) is 5.61. The fraction of sp³-hybridized carbons (Fsp3) is 0. The second-order valence-electron chi connectivity index (χ2n) is 6.05. The second-order valence-corrected chi connectivity index (χ2v) is 6.05. The van der Waals surface area contributed by atoms with Crippen LogP contribution in [-0.2, 0) is 0 Å². The highest BCUT2D eigenvalue weighted by Gasteiger charge is 2.39. The van der Waals surface area contributed by atoms with E-state index < -0.39 is 91.1 Å². The van der Waals surface area contributed by atoms with Gasteiger partial charge in [-0.15, -0.1) is 9.97 Å². The summed E-state index contributed by atoms with van der Waals surface area (Å²) in [6, 6.07) is 0. The van der Waals surface area contributed by atoms with Gasteiger partial charge in [0.15, 0.2) is 34.9 Å². The van der Waals surface area contributed by atoms with Crippen molar-refractivity contribution in [2.75, 3.05) is 0 Å². The molecule has 30 heavy (non-hydrogen) atoms. The SMILES string of the molecule is [C-]#[N+]c1nc2nc3c(nc2nc1[N+]#[C-])-c1c(F)c(F)c(F)c2c(F)c(F)c(F)c-3c12. The standard InChI is InChI=1S/C18F6N6/c1-25-15-16(26-2)30-18-17(29-15)27-13-5-3-4(7(19)11(23)9(5)21)8(20)12(24)10(22)6(3)14(13)28-18. The summed E-state index contributed by atoms with van der Waals surface area (Å²) in [6.45, 7) is 14.0. The molecule has 4 aromatic rings. The van der Waals surface area contributed by atoms with Crippen LogP contribution in [0.5, 0.6) is 0 Å². The van der Waals surface area contributed by atoms with Gasteiger partial charge in [0.05, 0.1) is 16.5 Å². The molecule has 0 radical (unpaired) electrons. The minimum Gasteiger partial charge on any atom is -0.370 e. The first kappa shape index (κ1) is 17.8. The number of halogens is 6. The van der Waals surface area contributed by atoms with Crippen LogP contribution in [0.25, 0.3) is 54.3 Å². The van der Waals surface area contributed by atoms with E-state index in [4.69, 9.17) is 13.1 Å². The molecule has 0 spiro atoms. The van der Waals surface area contributed by atoms with Crippen LogP contribution < -0.4 is 0 Å². The molecule has 0 saturated carbocycles. The molecule has 0 aliphatic heterocycles. The maximum Gasteiger partial charge on any atom is 0.316 e. The van der Waals surface area contributed by atoms with Crippen LogP contribution in [0.15, 0.2) is 0 Å². The molecule has 0 bridgehead atoms. The Bertz CT molecular complexity index is 1470. The van der Waals surface area contributed by atoms with Crippen LogP contribution in [0, 0.1) is 48.0 Å². The average Bonchev–Trinajstić information content (AvgIpc) is 3.06. The van der Waals surface area contributed by atoms with Crippen molar-refractivity contribution >= 4 is 33.7 Å². The summed E-state index contributed by atoms with van der Waals surface area (Å²) in [7, 11) is 0. The predicted octanol–water partition coefficient (Wildman–Crippen LogP) is 5.16. The topological polar surface area (TPSA) is 60.3 Å². The van der Waals surface area contributed by atoms with Crippen LogP contribution in [-0.4, -0.2) is 19.9 Å². The molecule has 2 heterocycles. The minimum absolute atomic E-state index is 0.390. The summed E-state index contributed by atoms with van der Waals surface area (Å²) in [4.78, 5) is 21.3. The Kier molecular flexibility index (Phi) is 3.32. The van der Waals surface area contributed by atoms with Crippen molar-refractivity contribution in [2.24, 2.45) is 0 Å². The Labute approximate surface area is 161 Å². The third kappa shape index (κ3) is 1.92. The molecule has 12 heteroatoms. The van der Waals surface area contributed by atoms with Crippen molar-refractivity contribution in [1.82, 2.24) is 19.9 Å². The van der Waals surface area contributed by atoms with Crippen molar-refractivity contribution in [1.29, 1.82) is 0 Å². The van der Waals surface area contributed by atoms with Crippen LogP contribution >= 0.6 is 0 Å². The van der Waals surface area contributed by atoms with Crippen molar-refractivity contribution in [3.63, 3.8) is 0 Å². The lowest BCUT2D eigenvalue weighted by Gasteiger charge is -2.09. The molecule has 0 fully saturated rings. The molecule has 0 amide bonds. The van der Waals surface area contributed by atoms with Crippen LogP contribution in [0.4, 0.5) is 38.0 Å². The van der Waals surface area contributed by atoms with Gasteiger partial charge in [-0.05, 0) is 0 Å². The molecule has 144 valence electrons. The Morgan fingerprint density at radius 2 is 0.900 bits per heavy atom. The van der Waals surface area contributed by atoms with Crippen LogP contribution in [0.1, 0.15) is 0 Å². The van der Waals surface area contributed by atoms with E-state index in [2.05, 4.69) is 29.6 Å². The minimum atomic E-state index is -2.11. The summed E-state index contributed by atoms with van der Waals surface area (Å²) in [6.07, 6.45) is 0. The fourth-order valence-corrected chi connectivity index (χ4v) is 3.35. The largest absolute Gasteiger partial charge is 0.370 e. The van der Waals surface area contributed by atoms with Crippen molar-refractivity contribution in [2.45, 2.75) is 0 Å². The number of hydrogen-bond donors (Lipinski definition) is 0. The summed E-state index contributed by atoms with van der Waals surface area (Å²) in [5, 5.41) is -2.09. The van der Waals surface area contributed by atoms with E-state index in [1.807, 2.05) is 0 Å². The van der Waals surface area contributed by atoms with Gasteiger partial charge in [0.2, 0.25) is 0 Å². The first-order valence-corrected chi connectivity index (χ1v) is 7.82. The molecule has 5 rings (SSSR count). The van der Waals surface area contributed by atoms with Crippen LogP contribution in [0.2, 0.25) is 0 Å². The number of aromatic nitrogens is 4. The molecule has 0 saturated heterocycles. The Morgan fingerprint density at radius 1 is 0.500 bits per heavy atom. The van der Waals surface area contributed by atoms with Crippen molar-refractivity contribution < 1.29 is 26.3 Å². The molecule has 6 nitrogen and oxygen atoms in total. The Balaban J connectivity index is 2.04. The summed E-state index contributed by atoms with van der Waals surface area (Å²) >= 11 is 0. The number of fused-ring (bicyclic) bond motifs is 4. The van der Waals surface area contributed by atoms with Crippen LogP contribution in [0.3, 0.4) is 0 Å². The van der Waals surface area contributed by atoms with Gasteiger partial charge in [0.1, 0.15) is 11.4 Å². The van der Waals surface area contributed by atoms with E-state index >= 15 is 0 Å². The molecule has 2 aromatic carbocycles. The third-order valence-electron chi connectivity index (χ3n) is 4.57. The Morgan fingerprint density at radius 3 is 1.27 bits per heavy atom. The van der Waals surface area contributed by atoms with E-state index in [1.165, 1.54) is 0 Å². The number of rotatable bonds is 0. The van der Waals surface area contributed by atoms with Gasteiger partial charge in [0.25, 0.3) is 11.6 Å². The zero-order valence-electron chi connectivity index (χ0n) is 14.0. The molecular formula is C18F6N6. The van der Waals surface area contributed by atoms with Gasteiger partial charge in [-0.3, -0.25) is 0 Å². The maximum atomic E-state index is 14.6. The molecule has 2 aromatic heterocycles. The summed E-state index contributed by atoms with van der Waals surface area (Å²) in [5.41, 5.74) is -3.58. The van der Waals surface area contributed by atoms with Gasteiger partial charge >= 0.3 is 11.3 Å². The molecule has 0 atom stereocenters. The highest BCUT2D eigenvalue weighted by atomic mass is 19.2. The van der Waals surface area contributed by atoms with Gasteiger partial charge in [-0.2, -0.15) is 9.97 Å². The maximum absolute atomic E-state index is 14.6. The van der Waals surface area contributed by atoms with E-state index in [-0.39, 0.29) is 0 Å². The molecule has 0 N–H and O–H groups in total. The van der Waals surface area contributed by atoms with Gasteiger partial charge in [0, 0.05) is 5.39 Å². The molecule has 1 aliphatic rings. The number of hydrogen-bond acceptors (Lipinski definition) is 4. The van der Waals surface area contributed by atoms with Gasteiger partial charge in [-0.25, -0.2) is 26.3 Å². The van der Waals surface area contributed by atoms with E-state index in [0.717, 1.165) is 0 Å². The quantitative estimate of drug-likeness (QED) is 0.200. The summed E-state index contributed by atoms with van der Waals surface area (Å²) < 4.78 is 85.8. The first-order chi connectivity index (χ1) is 14.3. The van der Waals surface area contributed by atoms with Crippen molar-refractivity contribution in [3.8, 4) is 22.5 Å². The lowest BCUT2D eigenvalue weighted by atomic mass is 10.0. The lowest BCUT2D eigenvalue weighted by Crippen LogP contribution is -2.01. The average molecular weight is 414 g/mol. The normalized spacial score (nSPS) is 11.6. The fourth-order valence-electron chi connectivity index (χ4n) is 3.35. The lowest BCUT2D eigenvalue weighted by molar-refractivity contribution is 0.439. The molecule has 0 unspecified atom stereocenters. The zero-order valence-corrected chi connectivity index (χ0v) is 14.0. The predicted molar refractivity (Wildman–Crippen MR) is 89.3 cm³/mol. The number of nitrogens with zero attached hydrogens (tertiary/aromatic N) is 6.